The molecule has 13 aromatic rings. The molecule has 0 spiro atoms. The average molecular weight is 870 g/mol. The number of hydrogen-bond donors (Lipinski definition) is 0. The van der Waals surface area contributed by atoms with Gasteiger partial charge >= 0.3 is 0 Å². The predicted molar refractivity (Wildman–Crippen MR) is 283 cm³/mol. The van der Waals surface area contributed by atoms with Crippen LogP contribution in [0.2, 0.25) is 0 Å². The van der Waals surface area contributed by atoms with Gasteiger partial charge in [0.1, 0.15) is 11.3 Å². The van der Waals surface area contributed by atoms with Crippen molar-refractivity contribution in [3.63, 3.8) is 0 Å². The molecule has 0 aliphatic rings. The van der Waals surface area contributed by atoms with Crippen LogP contribution in [0.5, 0.6) is 0 Å². The molecule has 13 rings (SSSR count). The summed E-state index contributed by atoms with van der Waals surface area (Å²) in [5, 5.41) is 3.50. The van der Waals surface area contributed by atoms with Crippen LogP contribution in [0, 0.1) is 0 Å². The fourth-order valence-corrected chi connectivity index (χ4v) is 10.1. The Kier molecular flexibility index (Phi) is 9.43. The van der Waals surface area contributed by atoms with Crippen LogP contribution in [-0.2, 0) is 0 Å². The first-order valence-corrected chi connectivity index (χ1v) is 23.1. The molecule has 0 amide bonds. The number of aromatic nitrogens is 4. The fraction of sp³-hybridized carbons (Fsp3) is 0. The third-order valence-corrected chi connectivity index (χ3v) is 13.2. The van der Waals surface area contributed by atoms with Crippen molar-refractivity contribution in [3.05, 3.63) is 261 Å². The molecule has 0 unspecified atom stereocenters. The van der Waals surface area contributed by atoms with Gasteiger partial charge in [0.2, 0.25) is 0 Å². The Morgan fingerprint density at radius 1 is 0.279 bits per heavy atom. The summed E-state index contributed by atoms with van der Waals surface area (Å²) in [5.41, 5.74) is 17.6. The summed E-state index contributed by atoms with van der Waals surface area (Å²) in [5.74, 6) is 0.901. The zero-order valence-corrected chi connectivity index (χ0v) is 37.1. The van der Waals surface area contributed by atoms with Gasteiger partial charge < -0.3 is 9.47 Å². The lowest BCUT2D eigenvalue weighted by Gasteiger charge is -2.26. The lowest BCUT2D eigenvalue weighted by atomic mass is 10.0. The van der Waals surface area contributed by atoms with Crippen LogP contribution < -0.4 is 4.90 Å². The van der Waals surface area contributed by atoms with Crippen LogP contribution in [-0.4, -0.2) is 18.7 Å². The van der Waals surface area contributed by atoms with Crippen molar-refractivity contribution in [1.82, 2.24) is 18.7 Å². The SMILES string of the molecule is c1ccc(-c2ccc(N(c3ccc(-c4ccccc4)cc3)c3ccc(-n4c5ccccc5c5cc6c(cc54)c4c(nc(-c5ccccc5)n4-c4ccccc4)n6-c4ccccc4)cc3)cc2)cc1. The molecular formula is C63H43N5. The molecule has 0 saturated carbocycles. The molecular weight excluding hydrogens is 827 g/mol. The van der Waals surface area contributed by atoms with E-state index in [-0.39, 0.29) is 0 Å². The molecule has 5 heteroatoms. The second kappa shape index (κ2) is 16.4. The van der Waals surface area contributed by atoms with E-state index in [1.54, 1.807) is 0 Å². The summed E-state index contributed by atoms with van der Waals surface area (Å²) in [6, 6.07) is 93.3. The minimum absolute atomic E-state index is 0.901. The van der Waals surface area contributed by atoms with Gasteiger partial charge in [-0.3, -0.25) is 9.13 Å². The van der Waals surface area contributed by atoms with E-state index in [0.29, 0.717) is 0 Å². The average Bonchev–Trinajstić information content (AvgIpc) is 4.07. The van der Waals surface area contributed by atoms with Crippen LogP contribution in [0.25, 0.3) is 94.6 Å². The minimum Gasteiger partial charge on any atom is -0.311 e. The number of benzene rings is 10. The highest BCUT2D eigenvalue weighted by molar-refractivity contribution is 6.18. The molecule has 0 atom stereocenters. The summed E-state index contributed by atoms with van der Waals surface area (Å²) in [7, 11) is 0. The topological polar surface area (TPSA) is 30.9 Å². The maximum atomic E-state index is 5.52. The minimum atomic E-state index is 0.901. The summed E-state index contributed by atoms with van der Waals surface area (Å²) in [6.45, 7) is 0. The Hall–Kier alpha value is -9.19. The van der Waals surface area contributed by atoms with E-state index in [2.05, 4.69) is 279 Å². The Morgan fingerprint density at radius 2 is 0.676 bits per heavy atom. The zero-order chi connectivity index (χ0) is 45.0. The highest BCUT2D eigenvalue weighted by Gasteiger charge is 2.25. The van der Waals surface area contributed by atoms with Gasteiger partial charge in [0.05, 0.1) is 16.6 Å². The Morgan fingerprint density at radius 3 is 1.22 bits per heavy atom. The molecule has 0 aliphatic heterocycles. The van der Waals surface area contributed by atoms with E-state index in [9.17, 15) is 0 Å². The maximum Gasteiger partial charge on any atom is 0.165 e. The highest BCUT2D eigenvalue weighted by atomic mass is 15.2. The van der Waals surface area contributed by atoms with E-state index in [1.807, 2.05) is 0 Å². The van der Waals surface area contributed by atoms with E-state index >= 15 is 0 Å². The molecule has 0 radical (unpaired) electrons. The van der Waals surface area contributed by atoms with Crippen molar-refractivity contribution in [2.75, 3.05) is 4.90 Å². The van der Waals surface area contributed by atoms with Crippen LogP contribution in [0.1, 0.15) is 0 Å². The van der Waals surface area contributed by atoms with Crippen LogP contribution in [0.3, 0.4) is 0 Å². The monoisotopic (exact) mass is 869 g/mol. The van der Waals surface area contributed by atoms with Crippen molar-refractivity contribution in [3.8, 4) is 50.7 Å². The Balaban J connectivity index is 1.00. The smallest absolute Gasteiger partial charge is 0.165 e. The molecule has 0 fully saturated rings. The highest BCUT2D eigenvalue weighted by Crippen LogP contribution is 2.43. The van der Waals surface area contributed by atoms with Crippen LogP contribution in [0.15, 0.2) is 261 Å². The molecule has 68 heavy (non-hydrogen) atoms. The van der Waals surface area contributed by atoms with Gasteiger partial charge in [-0.2, -0.15) is 0 Å². The third kappa shape index (κ3) is 6.59. The normalized spacial score (nSPS) is 11.5. The van der Waals surface area contributed by atoms with Gasteiger partial charge in [0.25, 0.3) is 0 Å². The summed E-state index contributed by atoms with van der Waals surface area (Å²) in [6.07, 6.45) is 0. The number of hydrogen-bond acceptors (Lipinski definition) is 2. The van der Waals surface area contributed by atoms with Crippen molar-refractivity contribution in [1.29, 1.82) is 0 Å². The standard InChI is InChI=1S/C63H43N5/c1-6-18-44(19-7-1)46-30-34-51(35-31-46)65(52-36-32-47(33-37-52)45-20-8-2-9-21-45)53-38-40-54(41-39-53)66-58-29-17-16-28-55(58)56-42-60-57(43-59(56)66)61-63(67(60)49-24-12-4-13-25-49)64-62(48-22-10-3-11-23-48)68(61)50-26-14-5-15-27-50/h1-43H. The lowest BCUT2D eigenvalue weighted by Crippen LogP contribution is -2.10. The number of imidazole rings is 1. The maximum absolute atomic E-state index is 5.52. The largest absolute Gasteiger partial charge is 0.311 e. The van der Waals surface area contributed by atoms with Gasteiger partial charge in [-0.05, 0) is 113 Å². The number of para-hydroxylation sites is 3. The number of fused-ring (bicyclic) bond motifs is 6. The summed E-state index contributed by atoms with van der Waals surface area (Å²) >= 11 is 0. The number of rotatable bonds is 9. The Bertz CT molecular complexity index is 3810. The van der Waals surface area contributed by atoms with E-state index in [0.717, 1.165) is 78.6 Å². The van der Waals surface area contributed by atoms with Crippen molar-refractivity contribution in [2.24, 2.45) is 0 Å². The molecule has 0 bridgehead atoms. The van der Waals surface area contributed by atoms with E-state index in [4.69, 9.17) is 4.98 Å². The molecule has 0 aliphatic carbocycles. The Labute approximate surface area is 394 Å². The first kappa shape index (κ1) is 39.2. The third-order valence-electron chi connectivity index (χ3n) is 13.2. The fourth-order valence-electron chi connectivity index (χ4n) is 10.1. The van der Waals surface area contributed by atoms with Gasteiger partial charge in [-0.15, -0.1) is 0 Å². The van der Waals surface area contributed by atoms with Crippen LogP contribution in [0.4, 0.5) is 17.1 Å². The van der Waals surface area contributed by atoms with Crippen molar-refractivity contribution >= 4 is 60.9 Å². The molecule has 320 valence electrons. The molecule has 0 N–H and O–H groups in total. The van der Waals surface area contributed by atoms with Gasteiger partial charge in [0, 0.05) is 55.8 Å². The van der Waals surface area contributed by atoms with Crippen molar-refractivity contribution < 1.29 is 0 Å². The molecule has 0 saturated heterocycles. The number of nitrogens with zero attached hydrogens (tertiary/aromatic N) is 5. The first-order chi connectivity index (χ1) is 33.7. The van der Waals surface area contributed by atoms with Gasteiger partial charge in [-0.25, -0.2) is 4.98 Å². The molecule has 3 aromatic heterocycles. The predicted octanol–water partition coefficient (Wildman–Crippen LogP) is 16.5. The first-order valence-electron chi connectivity index (χ1n) is 23.1. The quantitative estimate of drug-likeness (QED) is 0.145. The van der Waals surface area contributed by atoms with Gasteiger partial charge in [-0.1, -0.05) is 170 Å². The second-order valence-electron chi connectivity index (χ2n) is 17.2. The second-order valence-corrected chi connectivity index (χ2v) is 17.2. The van der Waals surface area contributed by atoms with E-state index in [1.165, 1.54) is 33.0 Å². The van der Waals surface area contributed by atoms with Crippen LogP contribution >= 0.6 is 0 Å². The molecule has 3 heterocycles. The molecule has 5 nitrogen and oxygen atoms in total. The zero-order valence-electron chi connectivity index (χ0n) is 37.1. The van der Waals surface area contributed by atoms with Gasteiger partial charge in [0.15, 0.2) is 5.65 Å². The summed E-state index contributed by atoms with van der Waals surface area (Å²) in [4.78, 5) is 7.87. The lowest BCUT2D eigenvalue weighted by molar-refractivity contribution is 1.10. The molecule has 10 aromatic carbocycles. The van der Waals surface area contributed by atoms with E-state index < -0.39 is 0 Å². The number of anilines is 3. The summed E-state index contributed by atoms with van der Waals surface area (Å²) < 4.78 is 7.10. The van der Waals surface area contributed by atoms with Crippen molar-refractivity contribution in [2.45, 2.75) is 0 Å².